The number of carbonyl (C=O) groups is 2. The zero-order valence-electron chi connectivity index (χ0n) is 25.6. The van der Waals surface area contributed by atoms with Gasteiger partial charge in [0, 0.05) is 28.2 Å². The molecule has 2 aromatic rings. The van der Waals surface area contributed by atoms with Crippen molar-refractivity contribution in [3.8, 4) is 11.5 Å². The molecule has 0 bridgehead atoms. The maximum atomic E-state index is 11.9. The molecule has 2 heterocycles. The van der Waals surface area contributed by atoms with E-state index in [1.165, 1.54) is 55.4 Å². The number of methoxy groups -OCH3 is 3. The van der Waals surface area contributed by atoms with Gasteiger partial charge in [0.25, 0.3) is 29.5 Å². The van der Waals surface area contributed by atoms with Crippen LogP contribution >= 0.6 is 0 Å². The highest BCUT2D eigenvalue weighted by Gasteiger charge is 2.27. The van der Waals surface area contributed by atoms with E-state index in [4.69, 9.17) is 10.5 Å². The molecule has 0 radical (unpaired) electrons. The number of carbonyl (C=O) groups excluding carboxylic acids is 2. The van der Waals surface area contributed by atoms with Gasteiger partial charge in [-0.05, 0) is 24.3 Å². The lowest BCUT2D eigenvalue weighted by molar-refractivity contribution is 0.0817. The van der Waals surface area contributed by atoms with Crippen LogP contribution in [0.2, 0.25) is 0 Å². The molecular formula is C26H36N8O11S2. The fourth-order valence-corrected chi connectivity index (χ4v) is 4.78. The Morgan fingerprint density at radius 1 is 0.702 bits per heavy atom. The Kier molecular flexibility index (Phi) is 13.7. The minimum atomic E-state index is -4.00. The average Bonchev–Trinajstić information content (AvgIpc) is 3.47. The fraction of sp³-hybridized carbons (Fsp3) is 0.308. The Morgan fingerprint density at radius 3 is 1.55 bits per heavy atom. The molecule has 4 rings (SSSR count). The first-order valence-electron chi connectivity index (χ1n) is 12.5. The summed E-state index contributed by atoms with van der Waals surface area (Å²) in [7, 11) is 2.40. The number of nitrogens with one attached hydrogen (secondary N) is 1. The van der Waals surface area contributed by atoms with Crippen molar-refractivity contribution in [3.05, 3.63) is 47.5 Å². The number of benzene rings is 2. The molecule has 0 atom stereocenters. The SMILES string of the molecule is C.CN(C)C(=O)c1cccc(N)c1O.COC1=NS(=O)(=O)N=C1Nc1cccc(C(=O)N(C)C)c1O.COC1=NS(=O)(=O)N=C1OC. The maximum absolute atomic E-state index is 11.9. The van der Waals surface area contributed by atoms with Crippen molar-refractivity contribution in [2.75, 3.05) is 60.6 Å². The fourth-order valence-electron chi connectivity index (χ4n) is 3.25. The molecule has 21 heteroatoms. The highest BCUT2D eigenvalue weighted by molar-refractivity contribution is 7.90. The minimum Gasteiger partial charge on any atom is -0.505 e. The van der Waals surface area contributed by atoms with Crippen molar-refractivity contribution in [1.82, 2.24) is 9.80 Å². The Balaban J connectivity index is 0.000000378. The molecule has 2 aliphatic rings. The molecule has 0 aliphatic carbocycles. The van der Waals surface area contributed by atoms with Crippen LogP contribution < -0.4 is 11.1 Å². The van der Waals surface area contributed by atoms with E-state index in [1.54, 1.807) is 40.3 Å². The highest BCUT2D eigenvalue weighted by atomic mass is 32.2. The van der Waals surface area contributed by atoms with Crippen LogP contribution in [0.25, 0.3) is 0 Å². The molecule has 2 amide bonds. The Labute approximate surface area is 272 Å². The van der Waals surface area contributed by atoms with Gasteiger partial charge in [0.2, 0.25) is 5.84 Å². The number of amidine groups is 1. The van der Waals surface area contributed by atoms with Gasteiger partial charge in [-0.15, -0.1) is 17.6 Å². The van der Waals surface area contributed by atoms with E-state index < -0.39 is 26.3 Å². The minimum absolute atomic E-state index is 0. The van der Waals surface area contributed by atoms with E-state index >= 15 is 0 Å². The monoisotopic (exact) mass is 700 g/mol. The smallest absolute Gasteiger partial charge is 0.370 e. The Morgan fingerprint density at radius 2 is 1.11 bits per heavy atom. The number of aromatic hydroxyl groups is 2. The number of phenolic OH excluding ortho intramolecular Hbond substituents is 2. The van der Waals surface area contributed by atoms with E-state index in [0.29, 0.717) is 0 Å². The maximum Gasteiger partial charge on any atom is 0.370 e. The quantitative estimate of drug-likeness (QED) is 0.256. The summed E-state index contributed by atoms with van der Waals surface area (Å²) in [5.74, 6) is -1.78. The predicted molar refractivity (Wildman–Crippen MR) is 176 cm³/mol. The van der Waals surface area contributed by atoms with Gasteiger partial charge in [-0.25, -0.2) is 0 Å². The summed E-state index contributed by atoms with van der Waals surface area (Å²) >= 11 is 0. The molecule has 0 fully saturated rings. The highest BCUT2D eigenvalue weighted by Crippen LogP contribution is 2.29. The molecule has 2 aromatic carbocycles. The van der Waals surface area contributed by atoms with Crippen LogP contribution in [0.5, 0.6) is 11.5 Å². The van der Waals surface area contributed by atoms with Gasteiger partial charge >= 0.3 is 20.4 Å². The van der Waals surface area contributed by atoms with E-state index in [9.17, 15) is 36.6 Å². The van der Waals surface area contributed by atoms with Crippen LogP contribution in [0.1, 0.15) is 28.1 Å². The van der Waals surface area contributed by atoms with Crippen LogP contribution in [0.4, 0.5) is 11.4 Å². The molecule has 5 N–H and O–H groups in total. The lowest BCUT2D eigenvalue weighted by Gasteiger charge is -2.14. The van der Waals surface area contributed by atoms with Crippen LogP contribution in [0.15, 0.2) is 54.0 Å². The number of hydrogen-bond donors (Lipinski definition) is 4. The van der Waals surface area contributed by atoms with Crippen molar-refractivity contribution in [2.45, 2.75) is 7.43 Å². The van der Waals surface area contributed by atoms with Crippen molar-refractivity contribution in [3.63, 3.8) is 0 Å². The average molecular weight is 701 g/mol. The van der Waals surface area contributed by atoms with Crippen LogP contribution in [-0.2, 0) is 34.6 Å². The van der Waals surface area contributed by atoms with Crippen molar-refractivity contribution < 1.29 is 50.8 Å². The lowest BCUT2D eigenvalue weighted by atomic mass is 10.1. The molecule has 0 saturated carbocycles. The summed E-state index contributed by atoms with van der Waals surface area (Å²) in [6.45, 7) is 0. The molecule has 47 heavy (non-hydrogen) atoms. The van der Waals surface area contributed by atoms with Crippen molar-refractivity contribution >= 4 is 67.1 Å². The summed E-state index contributed by atoms with van der Waals surface area (Å²) in [5, 5.41) is 22.2. The summed E-state index contributed by atoms with van der Waals surface area (Å²) < 4.78 is 70.8. The van der Waals surface area contributed by atoms with Crippen LogP contribution in [-0.4, -0.2) is 122 Å². The number of nitrogens with two attached hydrogens (primary N) is 1. The van der Waals surface area contributed by atoms with Gasteiger partial charge in [-0.3, -0.25) is 9.59 Å². The number of phenols is 2. The molecule has 0 saturated heterocycles. The van der Waals surface area contributed by atoms with Gasteiger partial charge in [-0.1, -0.05) is 19.6 Å². The van der Waals surface area contributed by atoms with E-state index in [2.05, 4.69) is 32.4 Å². The Bertz CT molecular complexity index is 1810. The molecule has 0 unspecified atom stereocenters. The first-order valence-corrected chi connectivity index (χ1v) is 15.3. The third-order valence-corrected chi connectivity index (χ3v) is 7.00. The van der Waals surface area contributed by atoms with E-state index in [1.807, 2.05) is 0 Å². The van der Waals surface area contributed by atoms with Gasteiger partial charge in [-0.2, -0.15) is 16.8 Å². The second kappa shape index (κ2) is 16.2. The topological polar surface area (TPSA) is 265 Å². The second-order valence-electron chi connectivity index (χ2n) is 9.11. The molecular weight excluding hydrogens is 664 g/mol. The number of amides is 2. The van der Waals surface area contributed by atoms with Gasteiger partial charge in [0.15, 0.2) is 11.5 Å². The number of ether oxygens (including phenoxy) is 3. The van der Waals surface area contributed by atoms with Gasteiger partial charge in [0.1, 0.15) is 0 Å². The number of rotatable bonds is 3. The van der Waals surface area contributed by atoms with E-state index in [0.717, 1.165) is 0 Å². The van der Waals surface area contributed by atoms with Gasteiger partial charge in [0.05, 0.1) is 43.8 Å². The Hall–Kier alpha value is -5.44. The predicted octanol–water partition coefficient (Wildman–Crippen LogP) is 0.855. The second-order valence-corrected chi connectivity index (χ2v) is 11.6. The normalized spacial score (nSPS) is 14.9. The number of nitrogens with zero attached hydrogens (tertiary/aromatic N) is 6. The summed E-state index contributed by atoms with van der Waals surface area (Å²) in [6, 6.07) is 9.15. The van der Waals surface area contributed by atoms with Crippen LogP contribution in [0.3, 0.4) is 0 Å². The molecule has 0 spiro atoms. The van der Waals surface area contributed by atoms with Crippen molar-refractivity contribution in [2.24, 2.45) is 17.6 Å². The summed E-state index contributed by atoms with van der Waals surface area (Å²) in [6.07, 6.45) is 0. The van der Waals surface area contributed by atoms with Gasteiger partial charge < -0.3 is 45.3 Å². The summed E-state index contributed by atoms with van der Waals surface area (Å²) in [4.78, 5) is 26.1. The van der Waals surface area contributed by atoms with Crippen molar-refractivity contribution in [1.29, 1.82) is 0 Å². The summed E-state index contributed by atoms with van der Waals surface area (Å²) in [5.41, 5.74) is 6.05. The molecule has 2 aliphatic heterocycles. The number of anilines is 2. The number of hydrogen-bond acceptors (Lipinski definition) is 13. The standard InChI is InChI=1S/C12H14N4O5S.C9H12N2O2.C4H6N2O4S.CH4/c1-16(2)12(18)7-5-4-6-8(9(7)17)13-10-11(21-3)15-22(19,20)14-10;1-11(2)9(13)6-4-3-5-7(10)8(6)12;1-9-3-4(10-2)6-11(7,8)5-3;/h4-6,17H,1-3H3,(H,13,14);3-5,12H,10H2,1-2H3;1-2H3;1H4. The molecule has 258 valence electrons. The largest absolute Gasteiger partial charge is 0.505 e. The first-order chi connectivity index (χ1) is 21.4. The van der Waals surface area contributed by atoms with Crippen LogP contribution in [0, 0.1) is 0 Å². The first kappa shape index (κ1) is 39.6. The third kappa shape index (κ3) is 10.3. The van der Waals surface area contributed by atoms with E-state index in [-0.39, 0.29) is 70.9 Å². The number of para-hydroxylation sites is 2. The molecule has 19 nitrogen and oxygen atoms in total. The lowest BCUT2D eigenvalue weighted by Crippen LogP contribution is -2.24. The zero-order chi connectivity index (χ0) is 35.0. The molecule has 0 aromatic heterocycles. The number of nitrogen functional groups attached to an aromatic ring is 1. The zero-order valence-corrected chi connectivity index (χ0v) is 27.2. The third-order valence-electron chi connectivity index (χ3n) is 5.40.